The molecule has 2 atom stereocenters. The van der Waals surface area contributed by atoms with Gasteiger partial charge in [-0.15, -0.1) is 0 Å². The van der Waals surface area contributed by atoms with Gasteiger partial charge in [0, 0.05) is 0 Å². The Hall–Kier alpha value is -1.87. The van der Waals surface area contributed by atoms with E-state index in [0.29, 0.717) is 0 Å². The van der Waals surface area contributed by atoms with Crippen LogP contribution in [0.15, 0.2) is 42.5 Å². The molecule has 1 heterocycles. The van der Waals surface area contributed by atoms with Crippen LogP contribution in [0.2, 0.25) is 0 Å². The fourth-order valence-corrected chi connectivity index (χ4v) is 2.80. The van der Waals surface area contributed by atoms with Crippen LogP contribution in [0.3, 0.4) is 0 Å². The van der Waals surface area contributed by atoms with Gasteiger partial charge in [-0.1, -0.05) is 42.5 Å². The molecule has 1 aliphatic heterocycles. The Morgan fingerprint density at radius 1 is 1.33 bits per heavy atom. The largest absolute Gasteiger partial charge is 0.273 e. The highest BCUT2D eigenvalue weighted by atomic mass is 16.2. The minimum absolute atomic E-state index is 0.00819. The van der Waals surface area contributed by atoms with Gasteiger partial charge in [-0.2, -0.15) is 0 Å². The molecule has 1 aliphatic carbocycles. The molecular weight excluding hydrogens is 224 g/mol. The summed E-state index contributed by atoms with van der Waals surface area (Å²) in [6.45, 7) is 1.92. The monoisotopic (exact) mass is 240 g/mol. The van der Waals surface area contributed by atoms with Crippen molar-refractivity contribution < 1.29 is 4.79 Å². The number of hydrogen-bond acceptors (Lipinski definition) is 2. The molecule has 1 aromatic carbocycles. The minimum atomic E-state index is -0.183. The lowest BCUT2D eigenvalue weighted by molar-refractivity contribution is -0.133. The van der Waals surface area contributed by atoms with Crippen molar-refractivity contribution in [3.05, 3.63) is 53.6 Å². The highest BCUT2D eigenvalue weighted by Gasteiger charge is 2.34. The Bertz CT molecular complexity index is 559. The number of benzene rings is 1. The molecule has 1 aromatic rings. The summed E-state index contributed by atoms with van der Waals surface area (Å²) in [5, 5.41) is 1.40. The average molecular weight is 240 g/mol. The van der Waals surface area contributed by atoms with Gasteiger partial charge in [0.05, 0.1) is 12.0 Å². The third-order valence-electron chi connectivity index (χ3n) is 3.83. The lowest BCUT2D eigenvalue weighted by Crippen LogP contribution is -2.46. The van der Waals surface area contributed by atoms with E-state index in [1.54, 1.807) is 0 Å². The smallest absolute Gasteiger partial charge is 0.244 e. The van der Waals surface area contributed by atoms with Crippen LogP contribution < -0.4 is 5.84 Å². The van der Waals surface area contributed by atoms with Crippen LogP contribution in [0.25, 0.3) is 5.57 Å². The van der Waals surface area contributed by atoms with E-state index in [1.807, 2.05) is 31.2 Å². The molecule has 92 valence electrons. The van der Waals surface area contributed by atoms with Crippen molar-refractivity contribution >= 4 is 11.5 Å². The maximum Gasteiger partial charge on any atom is 0.244 e. The van der Waals surface area contributed by atoms with Gasteiger partial charge < -0.3 is 0 Å². The maximum atomic E-state index is 12.3. The van der Waals surface area contributed by atoms with Crippen LogP contribution in [-0.4, -0.2) is 17.0 Å². The second-order valence-corrected chi connectivity index (χ2v) is 4.86. The van der Waals surface area contributed by atoms with Gasteiger partial charge in [0.15, 0.2) is 0 Å². The van der Waals surface area contributed by atoms with E-state index < -0.39 is 0 Å². The van der Waals surface area contributed by atoms with Gasteiger partial charge in [0.1, 0.15) is 0 Å². The summed E-state index contributed by atoms with van der Waals surface area (Å²) in [6, 6.07) is 8.05. The number of allylic oxidation sites excluding steroid dienone is 2. The molecule has 0 radical (unpaired) electrons. The Morgan fingerprint density at radius 3 is 2.94 bits per heavy atom. The van der Waals surface area contributed by atoms with Crippen molar-refractivity contribution in [3.63, 3.8) is 0 Å². The van der Waals surface area contributed by atoms with Crippen LogP contribution >= 0.6 is 0 Å². The number of hydrazine groups is 1. The first-order chi connectivity index (χ1) is 8.70. The number of amides is 1. The van der Waals surface area contributed by atoms with Crippen molar-refractivity contribution in [1.29, 1.82) is 0 Å². The molecule has 0 saturated carbocycles. The van der Waals surface area contributed by atoms with E-state index in [9.17, 15) is 4.79 Å². The van der Waals surface area contributed by atoms with E-state index in [-0.39, 0.29) is 17.9 Å². The van der Waals surface area contributed by atoms with Crippen LogP contribution in [0.4, 0.5) is 0 Å². The first-order valence-electron chi connectivity index (χ1n) is 6.24. The number of hydrogen-bond donors (Lipinski definition) is 1. The number of nitrogens with two attached hydrogens (primary N) is 1. The molecule has 0 fully saturated rings. The molecule has 0 saturated heterocycles. The molecule has 2 unspecified atom stereocenters. The number of fused-ring (bicyclic) bond motifs is 3. The lowest BCUT2D eigenvalue weighted by Gasteiger charge is -2.28. The fraction of sp³-hybridized carbons (Fsp3) is 0.267. The summed E-state index contributed by atoms with van der Waals surface area (Å²) in [6.07, 6.45) is 6.95. The van der Waals surface area contributed by atoms with Crippen molar-refractivity contribution in [2.75, 3.05) is 0 Å². The summed E-state index contributed by atoms with van der Waals surface area (Å²) in [4.78, 5) is 12.3. The summed E-state index contributed by atoms with van der Waals surface area (Å²) >= 11 is 0. The number of carbonyl (C=O) groups excluding carboxylic acids is 1. The predicted molar refractivity (Wildman–Crippen MR) is 71.4 cm³/mol. The average Bonchev–Trinajstić information content (AvgIpc) is 2.51. The molecule has 2 N–H and O–H groups in total. The van der Waals surface area contributed by atoms with Crippen LogP contribution in [0.1, 0.15) is 30.4 Å². The molecular formula is C15H16N2O. The first-order valence-corrected chi connectivity index (χ1v) is 6.24. The summed E-state index contributed by atoms with van der Waals surface area (Å²) in [5.74, 6) is 5.82. The zero-order chi connectivity index (χ0) is 12.7. The van der Waals surface area contributed by atoms with Crippen molar-refractivity contribution in [2.45, 2.75) is 25.3 Å². The molecule has 0 aromatic heterocycles. The van der Waals surface area contributed by atoms with Gasteiger partial charge in [0.25, 0.3) is 0 Å². The Labute approximate surface area is 107 Å². The van der Waals surface area contributed by atoms with Crippen LogP contribution in [0.5, 0.6) is 0 Å². The fourth-order valence-electron chi connectivity index (χ4n) is 2.80. The van der Waals surface area contributed by atoms with E-state index in [4.69, 9.17) is 5.84 Å². The van der Waals surface area contributed by atoms with Crippen LogP contribution in [0, 0.1) is 0 Å². The first kappa shape index (κ1) is 11.2. The SMILES string of the molecule is CC1C(=O)N(N)C2CC=CC=C2c2ccccc21. The van der Waals surface area contributed by atoms with Gasteiger partial charge in [-0.25, -0.2) is 5.84 Å². The molecule has 2 aliphatic rings. The quantitative estimate of drug-likeness (QED) is 0.558. The van der Waals surface area contributed by atoms with E-state index in [1.165, 1.54) is 5.01 Å². The second-order valence-electron chi connectivity index (χ2n) is 4.86. The molecule has 18 heavy (non-hydrogen) atoms. The highest BCUT2D eigenvalue weighted by Crippen LogP contribution is 2.36. The minimum Gasteiger partial charge on any atom is -0.273 e. The molecule has 3 heteroatoms. The molecule has 3 rings (SSSR count). The normalized spacial score (nSPS) is 26.2. The molecule has 0 bridgehead atoms. The van der Waals surface area contributed by atoms with Gasteiger partial charge in [-0.05, 0) is 30.0 Å². The Kier molecular flexibility index (Phi) is 2.56. The third kappa shape index (κ3) is 1.51. The van der Waals surface area contributed by atoms with Crippen molar-refractivity contribution in [1.82, 2.24) is 5.01 Å². The van der Waals surface area contributed by atoms with E-state index in [0.717, 1.165) is 23.1 Å². The number of rotatable bonds is 0. The molecule has 1 amide bonds. The second kappa shape index (κ2) is 4.10. The van der Waals surface area contributed by atoms with Crippen molar-refractivity contribution in [2.24, 2.45) is 5.84 Å². The third-order valence-corrected chi connectivity index (χ3v) is 3.83. The van der Waals surface area contributed by atoms with E-state index >= 15 is 0 Å². The van der Waals surface area contributed by atoms with Crippen LogP contribution in [-0.2, 0) is 4.79 Å². The Morgan fingerprint density at radius 2 is 2.11 bits per heavy atom. The zero-order valence-electron chi connectivity index (χ0n) is 10.3. The topological polar surface area (TPSA) is 46.3 Å². The van der Waals surface area contributed by atoms with Gasteiger partial charge in [0.2, 0.25) is 5.91 Å². The lowest BCUT2D eigenvalue weighted by atomic mass is 9.88. The zero-order valence-corrected chi connectivity index (χ0v) is 10.3. The predicted octanol–water partition coefficient (Wildman–Crippen LogP) is 2.22. The van der Waals surface area contributed by atoms with Gasteiger partial charge in [-0.3, -0.25) is 9.80 Å². The summed E-state index contributed by atoms with van der Waals surface area (Å²) in [5.41, 5.74) is 3.37. The number of carbonyl (C=O) groups is 1. The van der Waals surface area contributed by atoms with E-state index in [2.05, 4.69) is 18.2 Å². The standard InChI is InChI=1S/C15H16N2O/c1-10-11-6-2-3-7-12(11)13-8-4-5-9-14(13)17(16)15(10)18/h2-8,10,14H,9,16H2,1H3. The molecule has 0 spiro atoms. The Balaban J connectivity index is 2.24. The maximum absolute atomic E-state index is 12.3. The summed E-state index contributed by atoms with van der Waals surface area (Å²) < 4.78 is 0. The highest BCUT2D eigenvalue weighted by molar-refractivity contribution is 5.91. The van der Waals surface area contributed by atoms with Gasteiger partial charge >= 0.3 is 0 Å². The number of nitrogens with zero attached hydrogens (tertiary/aromatic N) is 1. The molecule has 3 nitrogen and oxygen atoms in total. The summed E-state index contributed by atoms with van der Waals surface area (Å²) in [7, 11) is 0. The van der Waals surface area contributed by atoms with Crippen molar-refractivity contribution in [3.8, 4) is 0 Å².